The van der Waals surface area contributed by atoms with Gasteiger partial charge in [0.2, 0.25) is 6.41 Å². The van der Waals surface area contributed by atoms with Gasteiger partial charge in [-0.05, 0) is 49.9 Å². The van der Waals surface area contributed by atoms with Gasteiger partial charge in [0.25, 0.3) is 0 Å². The minimum Gasteiger partial charge on any atom is -0.494 e. The fourth-order valence-corrected chi connectivity index (χ4v) is 2.53. The Hall–Kier alpha value is -1.71. The molecule has 2 rings (SSSR count). The van der Waals surface area contributed by atoms with Crippen molar-refractivity contribution in [2.24, 2.45) is 5.92 Å². The van der Waals surface area contributed by atoms with Crippen LogP contribution in [0.25, 0.3) is 0 Å². The molecule has 1 aromatic rings. The van der Waals surface area contributed by atoms with Gasteiger partial charge in [-0.3, -0.25) is 4.79 Å². The summed E-state index contributed by atoms with van der Waals surface area (Å²) in [5.41, 5.74) is 1.25. The molecule has 1 saturated heterocycles. The normalized spacial score (nSPS) is 16.2. The van der Waals surface area contributed by atoms with Crippen molar-refractivity contribution in [3.63, 3.8) is 0 Å². The van der Waals surface area contributed by atoms with Crippen LogP contribution in [-0.4, -0.2) is 32.7 Å². The number of ether oxygens (including phenoxy) is 1. The molecule has 0 saturated carbocycles. The van der Waals surface area contributed by atoms with Crippen LogP contribution in [-0.2, 0) is 4.79 Å². The Morgan fingerprint density at radius 3 is 2.58 bits per heavy atom. The summed E-state index contributed by atoms with van der Waals surface area (Å²) in [7, 11) is 0. The van der Waals surface area contributed by atoms with E-state index in [2.05, 4.69) is 22.3 Å². The van der Waals surface area contributed by atoms with Crippen LogP contribution in [0.5, 0.6) is 5.75 Å². The van der Waals surface area contributed by atoms with Crippen LogP contribution in [0, 0.1) is 5.92 Å². The van der Waals surface area contributed by atoms with Gasteiger partial charge in [-0.25, -0.2) is 0 Å². The maximum absolute atomic E-state index is 10.3. The molecule has 1 aromatic carbocycles. The van der Waals surface area contributed by atoms with Crippen molar-refractivity contribution in [1.29, 1.82) is 0 Å². The molecule has 0 radical (unpaired) electrons. The fraction of sp³-hybridized carbons (Fsp3) is 0.533. The van der Waals surface area contributed by atoms with E-state index in [1.54, 1.807) is 0 Å². The number of benzene rings is 1. The number of anilines is 1. The van der Waals surface area contributed by atoms with Gasteiger partial charge in [0, 0.05) is 25.3 Å². The molecule has 19 heavy (non-hydrogen) atoms. The van der Waals surface area contributed by atoms with Crippen molar-refractivity contribution < 1.29 is 9.53 Å². The van der Waals surface area contributed by atoms with Gasteiger partial charge >= 0.3 is 0 Å². The number of nitrogens with zero attached hydrogens (tertiary/aromatic N) is 1. The Kier molecular flexibility index (Phi) is 5.07. The van der Waals surface area contributed by atoms with E-state index >= 15 is 0 Å². The second-order valence-corrected chi connectivity index (χ2v) is 4.88. The number of piperidine rings is 1. The lowest BCUT2D eigenvalue weighted by molar-refractivity contribution is -0.109. The summed E-state index contributed by atoms with van der Waals surface area (Å²) in [5.74, 6) is 1.54. The molecular formula is C15H22N2O2. The molecule has 104 valence electrons. The molecule has 1 aliphatic heterocycles. The lowest BCUT2D eigenvalue weighted by Crippen LogP contribution is -2.37. The first kappa shape index (κ1) is 13.7. The van der Waals surface area contributed by atoms with E-state index in [0.29, 0.717) is 12.5 Å². The van der Waals surface area contributed by atoms with Crippen LogP contribution in [0.1, 0.15) is 19.8 Å². The van der Waals surface area contributed by atoms with Crippen molar-refractivity contribution in [3.8, 4) is 5.75 Å². The molecule has 1 amide bonds. The second kappa shape index (κ2) is 7.02. The lowest BCUT2D eigenvalue weighted by atomic mass is 9.96. The maximum atomic E-state index is 10.3. The first-order valence-electron chi connectivity index (χ1n) is 6.98. The van der Waals surface area contributed by atoms with E-state index in [1.807, 2.05) is 19.1 Å². The summed E-state index contributed by atoms with van der Waals surface area (Å²) in [6.07, 6.45) is 3.06. The highest BCUT2D eigenvalue weighted by atomic mass is 16.5. The second-order valence-electron chi connectivity index (χ2n) is 4.88. The van der Waals surface area contributed by atoms with Crippen LogP contribution in [0.2, 0.25) is 0 Å². The summed E-state index contributed by atoms with van der Waals surface area (Å²) in [4.78, 5) is 12.7. The Morgan fingerprint density at radius 2 is 2.00 bits per heavy atom. The molecule has 0 aliphatic carbocycles. The van der Waals surface area contributed by atoms with Crippen LogP contribution >= 0.6 is 0 Å². The lowest BCUT2D eigenvalue weighted by Gasteiger charge is -2.33. The maximum Gasteiger partial charge on any atom is 0.207 e. The van der Waals surface area contributed by atoms with Crippen molar-refractivity contribution in [1.82, 2.24) is 5.32 Å². The third-order valence-electron chi connectivity index (χ3n) is 3.62. The highest BCUT2D eigenvalue weighted by Gasteiger charge is 2.18. The van der Waals surface area contributed by atoms with Crippen molar-refractivity contribution in [3.05, 3.63) is 24.3 Å². The van der Waals surface area contributed by atoms with Gasteiger partial charge in [0.15, 0.2) is 0 Å². The summed E-state index contributed by atoms with van der Waals surface area (Å²) in [6.45, 7) is 5.61. The number of carbonyl (C=O) groups is 1. The van der Waals surface area contributed by atoms with Crippen molar-refractivity contribution >= 4 is 12.1 Å². The zero-order valence-electron chi connectivity index (χ0n) is 11.5. The Morgan fingerprint density at radius 1 is 1.32 bits per heavy atom. The zero-order chi connectivity index (χ0) is 13.5. The molecule has 4 heteroatoms. The van der Waals surface area contributed by atoms with Gasteiger partial charge in [0.1, 0.15) is 5.75 Å². The molecule has 0 spiro atoms. The number of nitrogens with one attached hydrogen (secondary N) is 1. The minimum atomic E-state index is 0.615. The summed E-state index contributed by atoms with van der Waals surface area (Å²) >= 11 is 0. The smallest absolute Gasteiger partial charge is 0.207 e. The van der Waals surface area contributed by atoms with Gasteiger partial charge < -0.3 is 15.0 Å². The predicted molar refractivity (Wildman–Crippen MR) is 76.6 cm³/mol. The Balaban J connectivity index is 1.85. The number of rotatable bonds is 6. The van der Waals surface area contributed by atoms with Gasteiger partial charge in [0.05, 0.1) is 6.61 Å². The summed E-state index contributed by atoms with van der Waals surface area (Å²) in [5, 5.41) is 2.78. The van der Waals surface area contributed by atoms with Crippen molar-refractivity contribution in [2.45, 2.75) is 19.8 Å². The van der Waals surface area contributed by atoms with E-state index < -0.39 is 0 Å². The molecular weight excluding hydrogens is 240 g/mol. The van der Waals surface area contributed by atoms with Crippen LogP contribution in [0.3, 0.4) is 0 Å². The molecule has 1 N–H and O–H groups in total. The zero-order valence-corrected chi connectivity index (χ0v) is 11.5. The monoisotopic (exact) mass is 262 g/mol. The minimum absolute atomic E-state index is 0.615. The molecule has 0 unspecified atom stereocenters. The third-order valence-corrected chi connectivity index (χ3v) is 3.62. The number of amides is 1. The summed E-state index contributed by atoms with van der Waals surface area (Å²) < 4.78 is 5.45. The molecule has 0 aromatic heterocycles. The highest BCUT2D eigenvalue weighted by Crippen LogP contribution is 2.24. The predicted octanol–water partition coefficient (Wildman–Crippen LogP) is 2.05. The summed E-state index contributed by atoms with van der Waals surface area (Å²) in [6, 6.07) is 8.29. The standard InChI is InChI=1S/C15H22N2O2/c1-2-19-15-5-3-14(4-6-15)17-9-7-13(8-10-17)11-16-12-18/h3-6,12-13H,2,7-11H2,1H3,(H,16,18). The van der Waals surface area contributed by atoms with E-state index in [9.17, 15) is 4.79 Å². The highest BCUT2D eigenvalue weighted by molar-refractivity contribution is 5.49. The van der Waals surface area contributed by atoms with Crippen LogP contribution in [0.15, 0.2) is 24.3 Å². The SMILES string of the molecule is CCOc1ccc(N2CCC(CNC=O)CC2)cc1. The first-order valence-corrected chi connectivity index (χ1v) is 6.98. The number of carbonyl (C=O) groups excluding carboxylic acids is 1. The van der Waals surface area contributed by atoms with Gasteiger partial charge in [-0.2, -0.15) is 0 Å². The van der Waals surface area contributed by atoms with Crippen LogP contribution < -0.4 is 15.0 Å². The molecule has 1 aliphatic rings. The molecule has 1 heterocycles. The molecule has 0 atom stereocenters. The third kappa shape index (κ3) is 3.88. The van der Waals surface area contributed by atoms with E-state index in [4.69, 9.17) is 4.74 Å². The van der Waals surface area contributed by atoms with E-state index in [0.717, 1.165) is 44.6 Å². The molecule has 4 nitrogen and oxygen atoms in total. The number of hydrogen-bond donors (Lipinski definition) is 1. The van der Waals surface area contributed by atoms with Crippen molar-refractivity contribution in [2.75, 3.05) is 31.1 Å². The quantitative estimate of drug-likeness (QED) is 0.798. The van der Waals surface area contributed by atoms with Gasteiger partial charge in [-0.15, -0.1) is 0 Å². The largest absolute Gasteiger partial charge is 0.494 e. The topological polar surface area (TPSA) is 41.6 Å². The van der Waals surface area contributed by atoms with E-state index in [1.165, 1.54) is 5.69 Å². The Labute approximate surface area is 114 Å². The Bertz CT molecular complexity index is 384. The first-order chi connectivity index (χ1) is 9.33. The average molecular weight is 262 g/mol. The molecule has 0 bridgehead atoms. The van der Waals surface area contributed by atoms with Crippen LogP contribution in [0.4, 0.5) is 5.69 Å². The average Bonchev–Trinajstić information content (AvgIpc) is 2.47. The van der Waals surface area contributed by atoms with Gasteiger partial charge in [-0.1, -0.05) is 0 Å². The van der Waals surface area contributed by atoms with E-state index in [-0.39, 0.29) is 0 Å². The number of hydrogen-bond acceptors (Lipinski definition) is 3. The fourth-order valence-electron chi connectivity index (χ4n) is 2.53. The molecule has 1 fully saturated rings.